The Morgan fingerprint density at radius 1 is 1.21 bits per heavy atom. The largest absolute Gasteiger partial charge is 0.497 e. The molecule has 0 heterocycles. The van der Waals surface area contributed by atoms with Crippen molar-refractivity contribution in [3.63, 3.8) is 0 Å². The van der Waals surface area contributed by atoms with Gasteiger partial charge in [0.1, 0.15) is 5.75 Å². The van der Waals surface area contributed by atoms with Crippen molar-refractivity contribution in [3.05, 3.63) is 63.1 Å². The van der Waals surface area contributed by atoms with E-state index in [1.54, 1.807) is 7.11 Å². The fourth-order valence-electron chi connectivity index (χ4n) is 1.93. The van der Waals surface area contributed by atoms with E-state index in [1.807, 2.05) is 42.5 Å². The Morgan fingerprint density at radius 2 is 1.89 bits per heavy atom. The van der Waals surface area contributed by atoms with Gasteiger partial charge in [-0.1, -0.05) is 45.7 Å². The van der Waals surface area contributed by atoms with Crippen molar-refractivity contribution in [2.75, 3.05) is 7.11 Å². The van der Waals surface area contributed by atoms with E-state index in [2.05, 4.69) is 15.9 Å². The molecule has 19 heavy (non-hydrogen) atoms. The summed E-state index contributed by atoms with van der Waals surface area (Å²) < 4.78 is 6.08. The van der Waals surface area contributed by atoms with Crippen molar-refractivity contribution >= 4 is 27.5 Å². The Kier molecular flexibility index (Phi) is 4.86. The lowest BCUT2D eigenvalue weighted by molar-refractivity contribution is 0.414. The number of hydrogen-bond acceptors (Lipinski definition) is 2. The van der Waals surface area contributed by atoms with Crippen LogP contribution in [0.3, 0.4) is 0 Å². The Hall–Kier alpha value is -1.03. The summed E-state index contributed by atoms with van der Waals surface area (Å²) in [7, 11) is 1.66. The van der Waals surface area contributed by atoms with Crippen molar-refractivity contribution in [1.82, 2.24) is 0 Å². The van der Waals surface area contributed by atoms with E-state index < -0.39 is 0 Å². The molecule has 0 spiro atoms. The van der Waals surface area contributed by atoms with Crippen LogP contribution in [0.1, 0.15) is 17.2 Å². The second kappa shape index (κ2) is 6.42. The highest BCUT2D eigenvalue weighted by Crippen LogP contribution is 2.27. The van der Waals surface area contributed by atoms with Gasteiger partial charge in [0.05, 0.1) is 7.11 Å². The second-order valence-electron chi connectivity index (χ2n) is 4.32. The zero-order chi connectivity index (χ0) is 13.8. The lowest BCUT2D eigenvalue weighted by Gasteiger charge is -2.14. The Balaban J connectivity index is 2.13. The average Bonchev–Trinajstić information content (AvgIpc) is 2.39. The molecule has 2 nitrogen and oxygen atoms in total. The molecule has 1 atom stereocenters. The minimum Gasteiger partial charge on any atom is -0.497 e. The first-order valence-electron chi connectivity index (χ1n) is 5.93. The summed E-state index contributed by atoms with van der Waals surface area (Å²) >= 11 is 9.43. The van der Waals surface area contributed by atoms with Gasteiger partial charge in [-0.05, 0) is 41.8 Å². The van der Waals surface area contributed by atoms with Crippen LogP contribution >= 0.6 is 27.5 Å². The minimum absolute atomic E-state index is 0.0694. The van der Waals surface area contributed by atoms with Crippen LogP contribution in [0.25, 0.3) is 0 Å². The molecule has 0 aliphatic carbocycles. The molecule has 100 valence electrons. The van der Waals surface area contributed by atoms with E-state index in [0.29, 0.717) is 5.02 Å². The highest BCUT2D eigenvalue weighted by molar-refractivity contribution is 9.10. The SMILES string of the molecule is COc1ccc(CC(N)c2ccc(Cl)cc2Br)cc1. The van der Waals surface area contributed by atoms with Crippen LogP contribution in [-0.2, 0) is 6.42 Å². The van der Waals surface area contributed by atoms with Crippen LogP contribution in [0.4, 0.5) is 0 Å². The molecule has 2 aromatic rings. The van der Waals surface area contributed by atoms with Gasteiger partial charge in [0.25, 0.3) is 0 Å². The summed E-state index contributed by atoms with van der Waals surface area (Å²) in [6.45, 7) is 0. The highest BCUT2D eigenvalue weighted by Gasteiger charge is 2.11. The molecule has 4 heteroatoms. The molecule has 0 aromatic heterocycles. The molecule has 0 radical (unpaired) electrons. The zero-order valence-electron chi connectivity index (χ0n) is 10.6. The van der Waals surface area contributed by atoms with Crippen molar-refractivity contribution in [2.24, 2.45) is 5.73 Å². The number of methoxy groups -OCH3 is 1. The number of ether oxygens (including phenoxy) is 1. The lowest BCUT2D eigenvalue weighted by Crippen LogP contribution is -2.13. The number of halogens is 2. The standard InChI is InChI=1S/C15H15BrClNO/c1-19-12-5-2-10(3-6-12)8-15(18)13-7-4-11(17)9-14(13)16/h2-7,9,15H,8,18H2,1H3. The molecular formula is C15H15BrClNO. The van der Waals surface area contributed by atoms with E-state index in [4.69, 9.17) is 22.1 Å². The van der Waals surface area contributed by atoms with Gasteiger partial charge in [-0.25, -0.2) is 0 Å². The number of nitrogens with two attached hydrogens (primary N) is 1. The monoisotopic (exact) mass is 339 g/mol. The summed E-state index contributed by atoms with van der Waals surface area (Å²) in [5.41, 5.74) is 8.48. The van der Waals surface area contributed by atoms with Crippen molar-refractivity contribution in [3.8, 4) is 5.75 Å². The molecule has 2 aromatic carbocycles. The van der Waals surface area contributed by atoms with E-state index in [9.17, 15) is 0 Å². The first-order chi connectivity index (χ1) is 9.10. The van der Waals surface area contributed by atoms with Gasteiger partial charge in [-0.3, -0.25) is 0 Å². The summed E-state index contributed by atoms with van der Waals surface area (Å²) in [5, 5.41) is 0.701. The normalized spacial score (nSPS) is 12.2. The van der Waals surface area contributed by atoms with Crippen molar-refractivity contribution < 1.29 is 4.74 Å². The topological polar surface area (TPSA) is 35.2 Å². The highest BCUT2D eigenvalue weighted by atomic mass is 79.9. The minimum atomic E-state index is -0.0694. The number of benzene rings is 2. The van der Waals surface area contributed by atoms with Crippen LogP contribution in [-0.4, -0.2) is 7.11 Å². The van der Waals surface area contributed by atoms with Crippen LogP contribution in [0, 0.1) is 0 Å². The molecule has 2 N–H and O–H groups in total. The Morgan fingerprint density at radius 3 is 2.47 bits per heavy atom. The average molecular weight is 341 g/mol. The maximum Gasteiger partial charge on any atom is 0.118 e. The molecule has 0 aliphatic rings. The second-order valence-corrected chi connectivity index (χ2v) is 5.62. The summed E-state index contributed by atoms with van der Waals surface area (Å²) in [6.07, 6.45) is 0.768. The fraction of sp³-hybridized carbons (Fsp3) is 0.200. The smallest absolute Gasteiger partial charge is 0.118 e. The van der Waals surface area contributed by atoms with E-state index >= 15 is 0 Å². The number of hydrogen-bond donors (Lipinski definition) is 1. The third-order valence-corrected chi connectivity index (χ3v) is 3.90. The lowest BCUT2D eigenvalue weighted by atomic mass is 10.00. The van der Waals surface area contributed by atoms with Gasteiger partial charge in [0, 0.05) is 15.5 Å². The van der Waals surface area contributed by atoms with Gasteiger partial charge < -0.3 is 10.5 Å². The predicted molar refractivity (Wildman–Crippen MR) is 82.8 cm³/mol. The summed E-state index contributed by atoms with van der Waals surface area (Å²) in [5.74, 6) is 0.852. The van der Waals surface area contributed by atoms with Crippen LogP contribution in [0.15, 0.2) is 46.9 Å². The maximum atomic E-state index is 6.24. The summed E-state index contributed by atoms with van der Waals surface area (Å²) in [6, 6.07) is 13.6. The maximum absolute atomic E-state index is 6.24. The van der Waals surface area contributed by atoms with Gasteiger partial charge in [-0.2, -0.15) is 0 Å². The number of rotatable bonds is 4. The summed E-state index contributed by atoms with van der Waals surface area (Å²) in [4.78, 5) is 0. The van der Waals surface area contributed by atoms with Gasteiger partial charge in [0.15, 0.2) is 0 Å². The molecule has 0 saturated carbocycles. The Labute approximate surface area is 126 Å². The fourth-order valence-corrected chi connectivity index (χ4v) is 2.90. The zero-order valence-corrected chi connectivity index (χ0v) is 12.9. The van der Waals surface area contributed by atoms with Crippen LogP contribution in [0.2, 0.25) is 5.02 Å². The Bertz CT molecular complexity index is 557. The molecule has 0 fully saturated rings. The molecule has 0 saturated heterocycles. The van der Waals surface area contributed by atoms with Crippen molar-refractivity contribution in [1.29, 1.82) is 0 Å². The van der Waals surface area contributed by atoms with Gasteiger partial charge in [0.2, 0.25) is 0 Å². The third-order valence-electron chi connectivity index (χ3n) is 2.98. The first kappa shape index (κ1) is 14.4. The van der Waals surface area contributed by atoms with Crippen molar-refractivity contribution in [2.45, 2.75) is 12.5 Å². The predicted octanol–water partition coefficient (Wildman–Crippen LogP) is 4.35. The molecule has 2 rings (SSSR count). The van der Waals surface area contributed by atoms with Crippen LogP contribution in [0.5, 0.6) is 5.75 Å². The third kappa shape index (κ3) is 3.72. The van der Waals surface area contributed by atoms with E-state index in [0.717, 1.165) is 22.2 Å². The van der Waals surface area contributed by atoms with Gasteiger partial charge >= 0.3 is 0 Å². The molecule has 0 bridgehead atoms. The van der Waals surface area contributed by atoms with E-state index in [1.165, 1.54) is 5.56 Å². The quantitative estimate of drug-likeness (QED) is 0.898. The molecule has 1 unspecified atom stereocenters. The molecule has 0 amide bonds. The molecular weight excluding hydrogens is 326 g/mol. The van der Waals surface area contributed by atoms with Crippen LogP contribution < -0.4 is 10.5 Å². The first-order valence-corrected chi connectivity index (χ1v) is 7.10. The molecule has 0 aliphatic heterocycles. The van der Waals surface area contributed by atoms with E-state index in [-0.39, 0.29) is 6.04 Å². The van der Waals surface area contributed by atoms with Gasteiger partial charge in [-0.15, -0.1) is 0 Å².